The summed E-state index contributed by atoms with van der Waals surface area (Å²) in [6.07, 6.45) is 0. The van der Waals surface area contributed by atoms with Gasteiger partial charge < -0.3 is 0 Å². The van der Waals surface area contributed by atoms with Gasteiger partial charge in [-0.25, -0.2) is 0 Å². The molecular weight excluding hydrogens is 329 g/mol. The van der Waals surface area contributed by atoms with E-state index in [9.17, 15) is 0 Å². The van der Waals surface area contributed by atoms with Crippen molar-refractivity contribution in [1.82, 2.24) is 0 Å². The molecule has 0 heterocycles. The summed E-state index contributed by atoms with van der Waals surface area (Å²) < 4.78 is 63.2. The summed E-state index contributed by atoms with van der Waals surface area (Å²) in [4.78, 5) is 0. The number of hydrogen-bond donors (Lipinski definition) is 4. The van der Waals surface area contributed by atoms with Crippen molar-refractivity contribution >= 4 is 124 Å². The van der Waals surface area contributed by atoms with Gasteiger partial charge in [0.05, 0.1) is 0 Å². The normalized spacial score (nSPS) is 8.92. The molecule has 76 valence electrons. The number of rotatable bonds is 0. The van der Waals surface area contributed by atoms with Crippen LogP contribution >= 0.6 is 0 Å². The van der Waals surface area contributed by atoms with Crippen molar-refractivity contribution in [3.8, 4) is 0 Å². The Hall–Kier alpha value is 3.51. The second-order valence-electron chi connectivity index (χ2n) is 0.896. The van der Waals surface area contributed by atoms with Gasteiger partial charge in [-0.15, -0.1) is 0 Å². The zero-order valence-corrected chi connectivity index (χ0v) is 15.4. The second-order valence-corrected chi connectivity index (χ2v) is 2.69. The van der Waals surface area contributed by atoms with Crippen LogP contribution in [0.3, 0.4) is 0 Å². The van der Waals surface area contributed by atoms with E-state index in [1.165, 1.54) is 0 Å². The van der Waals surface area contributed by atoms with E-state index in [4.69, 9.17) is 35.0 Å². The smallest absolute Gasteiger partial charge is 0.264 e. The summed E-state index contributed by atoms with van der Waals surface area (Å²) in [5, 5.41) is 0. The fourth-order valence-corrected chi connectivity index (χ4v) is 0. The Kier molecular flexibility index (Phi) is 31.3. The minimum absolute atomic E-state index is 0. The van der Waals surface area contributed by atoms with Crippen molar-refractivity contribution in [3.63, 3.8) is 0 Å². The summed E-state index contributed by atoms with van der Waals surface area (Å²) >= 11 is 0. The van der Waals surface area contributed by atoms with Gasteiger partial charge in [0.2, 0.25) is 0 Å². The van der Waals surface area contributed by atoms with Crippen molar-refractivity contribution < 1.29 is 51.5 Å². The molecule has 0 amide bonds. The monoisotopic (exact) mass is 332 g/mol. The van der Waals surface area contributed by atoms with Gasteiger partial charge in [-0.2, -0.15) is 16.8 Å². The van der Waals surface area contributed by atoms with E-state index in [0.717, 1.165) is 0 Å². The third-order valence-corrected chi connectivity index (χ3v) is 0. The standard InChI is InChI=1S/2K.Ni.2H2O4S/c;;;2*1-5(2,3)4/h;;;2*(H2,1,2,3,4). The predicted octanol–water partition coefficient (Wildman–Crippen LogP) is -2.07. The van der Waals surface area contributed by atoms with Crippen molar-refractivity contribution in [3.05, 3.63) is 0 Å². The SMILES string of the molecule is O=S(=O)(O)O.O=S(=O)(O)O.[K].[K].[Ni]. The molecule has 2 radical (unpaired) electrons. The van der Waals surface area contributed by atoms with Crippen molar-refractivity contribution in [1.29, 1.82) is 0 Å². The average molecular weight is 333 g/mol. The van der Waals surface area contributed by atoms with E-state index in [2.05, 4.69) is 0 Å². The molecule has 13 heavy (non-hydrogen) atoms. The summed E-state index contributed by atoms with van der Waals surface area (Å²) in [5.74, 6) is 0. The quantitative estimate of drug-likeness (QED) is 0.292. The van der Waals surface area contributed by atoms with Gasteiger partial charge in [-0.05, 0) is 0 Å². The Morgan fingerprint density at radius 1 is 0.615 bits per heavy atom. The molecule has 0 saturated heterocycles. The van der Waals surface area contributed by atoms with Crippen molar-refractivity contribution in [2.75, 3.05) is 0 Å². The second kappa shape index (κ2) is 13.6. The van der Waals surface area contributed by atoms with E-state index < -0.39 is 20.8 Å². The number of hydrogen-bond acceptors (Lipinski definition) is 4. The van der Waals surface area contributed by atoms with Crippen molar-refractivity contribution in [2.24, 2.45) is 0 Å². The van der Waals surface area contributed by atoms with Crippen LogP contribution in [0.2, 0.25) is 0 Å². The first kappa shape index (κ1) is 30.0. The molecule has 13 heteroatoms. The molecule has 0 fully saturated rings. The molecule has 0 atom stereocenters. The van der Waals surface area contributed by atoms with Crippen LogP contribution in [0.1, 0.15) is 0 Å². The molecule has 8 nitrogen and oxygen atoms in total. The van der Waals surface area contributed by atoms with E-state index >= 15 is 0 Å². The molecule has 0 bridgehead atoms. The van der Waals surface area contributed by atoms with Gasteiger partial charge >= 0.3 is 20.8 Å². The first-order chi connectivity index (χ1) is 4.00. The average Bonchev–Trinajstić information content (AvgIpc) is 1.12. The maximum atomic E-state index is 8.74. The Balaban J connectivity index is -0.0000000267. The fourth-order valence-electron chi connectivity index (χ4n) is 0. The zero-order chi connectivity index (χ0) is 9.00. The molecule has 0 aliphatic rings. The molecule has 0 spiro atoms. The Morgan fingerprint density at radius 3 is 0.615 bits per heavy atom. The maximum Gasteiger partial charge on any atom is 0.394 e. The third kappa shape index (κ3) is 230. The third-order valence-electron chi connectivity index (χ3n) is 0. The van der Waals surface area contributed by atoms with Gasteiger partial charge in [0.15, 0.2) is 0 Å². The molecule has 0 aromatic carbocycles. The molecule has 0 aromatic heterocycles. The van der Waals surface area contributed by atoms with Crippen LogP contribution in [0.25, 0.3) is 0 Å². The van der Waals surface area contributed by atoms with E-state index in [-0.39, 0.29) is 119 Å². The van der Waals surface area contributed by atoms with Gasteiger partial charge in [0.1, 0.15) is 0 Å². The molecule has 0 rings (SSSR count). The van der Waals surface area contributed by atoms with Gasteiger partial charge in [-0.1, -0.05) is 0 Å². The molecule has 0 saturated carbocycles. The van der Waals surface area contributed by atoms with Crippen LogP contribution in [0.4, 0.5) is 0 Å². The van der Waals surface area contributed by atoms with Gasteiger partial charge in [0.25, 0.3) is 0 Å². The molecule has 0 aliphatic carbocycles. The molecule has 0 unspecified atom stereocenters. The molecule has 0 aromatic rings. The van der Waals surface area contributed by atoms with Gasteiger partial charge in [0, 0.05) is 119 Å². The molecule has 4 N–H and O–H groups in total. The topological polar surface area (TPSA) is 149 Å². The fraction of sp³-hybridized carbons (Fsp3) is 0. The van der Waals surface area contributed by atoms with E-state index in [0.29, 0.717) is 0 Å². The minimum Gasteiger partial charge on any atom is -0.264 e. The minimum atomic E-state index is -4.67. The summed E-state index contributed by atoms with van der Waals surface area (Å²) in [5.41, 5.74) is 0. The predicted molar refractivity (Wildman–Crippen MR) is 39.9 cm³/mol. The largest absolute Gasteiger partial charge is 0.394 e. The Morgan fingerprint density at radius 2 is 0.615 bits per heavy atom. The first-order valence-corrected chi connectivity index (χ1v) is 4.19. The maximum absolute atomic E-state index is 8.74. The van der Waals surface area contributed by atoms with Gasteiger partial charge in [-0.3, -0.25) is 18.2 Å². The van der Waals surface area contributed by atoms with E-state index in [1.807, 2.05) is 0 Å². The first-order valence-electron chi connectivity index (χ1n) is 1.40. The molecule has 0 aliphatic heterocycles. The van der Waals surface area contributed by atoms with Crippen LogP contribution in [0.15, 0.2) is 0 Å². The van der Waals surface area contributed by atoms with Crippen LogP contribution in [0, 0.1) is 0 Å². The summed E-state index contributed by atoms with van der Waals surface area (Å²) in [6, 6.07) is 0. The van der Waals surface area contributed by atoms with Crippen molar-refractivity contribution in [2.45, 2.75) is 0 Å². The van der Waals surface area contributed by atoms with Crippen LogP contribution in [0.5, 0.6) is 0 Å². The van der Waals surface area contributed by atoms with Crippen LogP contribution < -0.4 is 0 Å². The molecular formula is H4K2NiO8S2. The zero-order valence-electron chi connectivity index (χ0n) is 6.55. The Bertz CT molecular complexity index is 217. The summed E-state index contributed by atoms with van der Waals surface area (Å²) in [6.45, 7) is 0. The van der Waals surface area contributed by atoms with Crippen LogP contribution in [-0.4, -0.2) is 138 Å². The van der Waals surface area contributed by atoms with Crippen LogP contribution in [-0.2, 0) is 37.3 Å². The summed E-state index contributed by atoms with van der Waals surface area (Å²) in [7, 11) is -9.33. The Labute approximate surface area is 171 Å². The van der Waals surface area contributed by atoms with E-state index in [1.54, 1.807) is 0 Å².